The first-order valence-corrected chi connectivity index (χ1v) is 7.84. The molecule has 4 nitrogen and oxygen atoms in total. The van der Waals surface area contributed by atoms with Crippen molar-refractivity contribution in [2.45, 2.75) is 56.8 Å². The van der Waals surface area contributed by atoms with Crippen molar-refractivity contribution in [1.82, 2.24) is 4.90 Å². The molecule has 3 N–H and O–H groups in total. The van der Waals surface area contributed by atoms with Gasteiger partial charge in [-0.1, -0.05) is 25.0 Å². The van der Waals surface area contributed by atoms with E-state index in [-0.39, 0.29) is 24.2 Å². The van der Waals surface area contributed by atoms with Crippen LogP contribution in [0.4, 0.5) is 0 Å². The minimum Gasteiger partial charge on any atom is -0.497 e. The van der Waals surface area contributed by atoms with Crippen LogP contribution in [-0.4, -0.2) is 42.4 Å². The number of nitrogens with zero attached hydrogens (tertiary/aromatic N) is 1. The topological polar surface area (TPSA) is 58.7 Å². The van der Waals surface area contributed by atoms with E-state index in [2.05, 4.69) is 18.0 Å². The number of rotatable bonds is 5. The fraction of sp³-hybridized carbons (Fsp3) is 0.647. The lowest BCUT2D eigenvalue weighted by atomic mass is 9.88. The van der Waals surface area contributed by atoms with Gasteiger partial charge in [-0.05, 0) is 44.5 Å². The van der Waals surface area contributed by atoms with Crippen LogP contribution in [0.15, 0.2) is 24.3 Å². The van der Waals surface area contributed by atoms with Crippen LogP contribution in [0.25, 0.3) is 0 Å². The summed E-state index contributed by atoms with van der Waals surface area (Å²) in [5.74, 6) is 0.843. The molecule has 1 saturated carbocycles. The van der Waals surface area contributed by atoms with E-state index in [1.54, 1.807) is 7.11 Å². The van der Waals surface area contributed by atoms with Crippen molar-refractivity contribution < 1.29 is 9.84 Å². The van der Waals surface area contributed by atoms with Crippen LogP contribution in [0.5, 0.6) is 5.75 Å². The maximum Gasteiger partial charge on any atom is 0.119 e. The first-order valence-electron chi connectivity index (χ1n) is 7.84. The molecule has 1 aromatic rings. The first kappa shape index (κ1) is 16.3. The first-order chi connectivity index (χ1) is 10.0. The fourth-order valence-electron chi connectivity index (χ4n) is 3.51. The van der Waals surface area contributed by atoms with Gasteiger partial charge >= 0.3 is 0 Å². The summed E-state index contributed by atoms with van der Waals surface area (Å²) in [6, 6.07) is 8.31. The van der Waals surface area contributed by atoms with E-state index in [9.17, 15) is 5.11 Å². The van der Waals surface area contributed by atoms with Gasteiger partial charge in [0.15, 0.2) is 0 Å². The van der Waals surface area contributed by atoms with Crippen LogP contribution in [0, 0.1) is 0 Å². The van der Waals surface area contributed by atoms with Crippen molar-refractivity contribution in [3.8, 4) is 5.75 Å². The van der Waals surface area contributed by atoms with Crippen molar-refractivity contribution >= 4 is 0 Å². The number of ether oxygens (including phenoxy) is 1. The number of nitrogens with two attached hydrogens (primary N) is 1. The Hall–Kier alpha value is -1.10. The number of aliphatic hydroxyl groups excluding tert-OH is 1. The smallest absolute Gasteiger partial charge is 0.119 e. The van der Waals surface area contributed by atoms with Crippen molar-refractivity contribution in [2.75, 3.05) is 14.2 Å². The van der Waals surface area contributed by atoms with E-state index in [4.69, 9.17) is 10.5 Å². The average Bonchev–Trinajstić information content (AvgIpc) is 2.47. The molecule has 118 valence electrons. The highest BCUT2D eigenvalue weighted by Crippen LogP contribution is 2.32. The summed E-state index contributed by atoms with van der Waals surface area (Å²) < 4.78 is 5.32. The van der Waals surface area contributed by atoms with Crippen LogP contribution in [0.2, 0.25) is 0 Å². The van der Waals surface area contributed by atoms with Gasteiger partial charge in [0.1, 0.15) is 5.75 Å². The van der Waals surface area contributed by atoms with Gasteiger partial charge in [-0.2, -0.15) is 0 Å². The highest BCUT2D eigenvalue weighted by atomic mass is 16.5. The number of hydrogen-bond acceptors (Lipinski definition) is 4. The van der Waals surface area contributed by atoms with Gasteiger partial charge in [-0.25, -0.2) is 0 Å². The van der Waals surface area contributed by atoms with Gasteiger partial charge in [-0.15, -0.1) is 0 Å². The summed E-state index contributed by atoms with van der Waals surface area (Å²) in [5, 5.41) is 10.3. The minimum absolute atomic E-state index is 0.0174. The predicted molar refractivity (Wildman–Crippen MR) is 85.4 cm³/mol. The Morgan fingerprint density at radius 2 is 2.05 bits per heavy atom. The molecule has 4 heteroatoms. The zero-order valence-corrected chi connectivity index (χ0v) is 13.3. The Morgan fingerprint density at radius 3 is 2.67 bits per heavy atom. The molecule has 0 bridgehead atoms. The second-order valence-electron chi connectivity index (χ2n) is 6.17. The Bertz CT molecular complexity index is 450. The summed E-state index contributed by atoms with van der Waals surface area (Å²) in [6.07, 6.45) is 3.96. The summed E-state index contributed by atoms with van der Waals surface area (Å²) in [6.45, 7) is 2.02. The number of likely N-dealkylation sites (N-methyl/N-ethyl adjacent to an activating group) is 1. The summed E-state index contributed by atoms with van der Waals surface area (Å²) in [7, 11) is 3.75. The number of aliphatic hydroxyl groups is 1. The molecule has 21 heavy (non-hydrogen) atoms. The van der Waals surface area contributed by atoms with E-state index in [0.717, 1.165) is 30.6 Å². The number of benzene rings is 1. The fourth-order valence-corrected chi connectivity index (χ4v) is 3.51. The second-order valence-corrected chi connectivity index (χ2v) is 6.17. The van der Waals surface area contributed by atoms with E-state index in [1.807, 2.05) is 25.1 Å². The predicted octanol–water partition coefficient (Wildman–Crippen LogP) is 2.32. The van der Waals surface area contributed by atoms with Crippen molar-refractivity contribution in [3.63, 3.8) is 0 Å². The molecule has 0 radical (unpaired) electrons. The van der Waals surface area contributed by atoms with Crippen molar-refractivity contribution in [3.05, 3.63) is 29.8 Å². The summed E-state index contributed by atoms with van der Waals surface area (Å²) in [5.41, 5.74) is 7.39. The molecule has 2 rings (SSSR count). The van der Waals surface area contributed by atoms with Crippen LogP contribution < -0.4 is 10.5 Å². The van der Waals surface area contributed by atoms with E-state index in [1.165, 1.54) is 6.42 Å². The quantitative estimate of drug-likeness (QED) is 0.874. The average molecular weight is 292 g/mol. The molecule has 1 aromatic carbocycles. The minimum atomic E-state index is -0.254. The van der Waals surface area contributed by atoms with Gasteiger partial charge in [0.25, 0.3) is 0 Å². The zero-order valence-electron chi connectivity index (χ0n) is 13.3. The highest BCUT2D eigenvalue weighted by molar-refractivity contribution is 5.31. The van der Waals surface area contributed by atoms with Crippen LogP contribution in [0.1, 0.15) is 44.2 Å². The monoisotopic (exact) mass is 292 g/mol. The molecule has 1 fully saturated rings. The molecule has 0 saturated heterocycles. The molecule has 0 heterocycles. The van der Waals surface area contributed by atoms with Crippen LogP contribution >= 0.6 is 0 Å². The van der Waals surface area contributed by atoms with Gasteiger partial charge < -0.3 is 15.6 Å². The van der Waals surface area contributed by atoms with Gasteiger partial charge in [-0.3, -0.25) is 4.90 Å². The SMILES string of the molecule is COc1cccc(C(C(C)N)N(C)C2CCCCC2O)c1. The summed E-state index contributed by atoms with van der Waals surface area (Å²) >= 11 is 0. The Labute approximate surface area is 127 Å². The molecule has 0 aromatic heterocycles. The van der Waals surface area contributed by atoms with Crippen LogP contribution in [-0.2, 0) is 0 Å². The Morgan fingerprint density at radius 1 is 1.33 bits per heavy atom. The lowest BCUT2D eigenvalue weighted by molar-refractivity contribution is 0.00788. The molecule has 4 unspecified atom stereocenters. The number of hydrogen-bond donors (Lipinski definition) is 2. The van der Waals surface area contributed by atoms with Gasteiger partial charge in [0.2, 0.25) is 0 Å². The third-order valence-corrected chi connectivity index (χ3v) is 4.59. The maximum atomic E-state index is 10.3. The third kappa shape index (κ3) is 3.76. The van der Waals surface area contributed by atoms with Crippen LogP contribution in [0.3, 0.4) is 0 Å². The van der Waals surface area contributed by atoms with E-state index < -0.39 is 0 Å². The standard InChI is InChI=1S/C17H28N2O2/c1-12(18)17(13-7-6-8-14(11-13)21-3)19(2)15-9-4-5-10-16(15)20/h6-8,11-12,15-17,20H,4-5,9-10,18H2,1-3H3. The Kier molecular flexibility index (Phi) is 5.62. The zero-order chi connectivity index (χ0) is 15.4. The largest absolute Gasteiger partial charge is 0.497 e. The Balaban J connectivity index is 2.24. The van der Waals surface area contributed by atoms with Gasteiger partial charge in [0, 0.05) is 18.1 Å². The highest BCUT2D eigenvalue weighted by Gasteiger charge is 2.33. The van der Waals surface area contributed by atoms with Crippen molar-refractivity contribution in [2.24, 2.45) is 5.73 Å². The maximum absolute atomic E-state index is 10.3. The molecule has 4 atom stereocenters. The molecule has 0 amide bonds. The molecule has 0 spiro atoms. The van der Waals surface area contributed by atoms with E-state index >= 15 is 0 Å². The summed E-state index contributed by atoms with van der Waals surface area (Å²) in [4.78, 5) is 2.25. The normalized spacial score (nSPS) is 25.6. The number of methoxy groups -OCH3 is 1. The lowest BCUT2D eigenvalue weighted by Gasteiger charge is -2.41. The van der Waals surface area contributed by atoms with Gasteiger partial charge in [0.05, 0.1) is 13.2 Å². The molecular formula is C17H28N2O2. The molecular weight excluding hydrogens is 264 g/mol. The third-order valence-electron chi connectivity index (χ3n) is 4.59. The lowest BCUT2D eigenvalue weighted by Crippen LogP contribution is -2.49. The molecule has 1 aliphatic rings. The van der Waals surface area contributed by atoms with E-state index in [0.29, 0.717) is 0 Å². The van der Waals surface area contributed by atoms with Crippen molar-refractivity contribution in [1.29, 1.82) is 0 Å². The second kappa shape index (κ2) is 7.25. The molecule has 1 aliphatic carbocycles. The molecule has 0 aliphatic heterocycles.